The van der Waals surface area contributed by atoms with Crippen LogP contribution >= 0.6 is 0 Å². The molecule has 0 aliphatic heterocycles. The minimum absolute atomic E-state index is 0.288. The van der Waals surface area contributed by atoms with Gasteiger partial charge in [0.05, 0.1) is 36.2 Å². The van der Waals surface area contributed by atoms with Crippen LogP contribution in [0.25, 0.3) is 1.43 Å². The van der Waals surface area contributed by atoms with E-state index in [0.29, 0.717) is 18.2 Å². The zero-order valence-electron chi connectivity index (χ0n) is 56.2. The summed E-state index contributed by atoms with van der Waals surface area (Å²) in [4.78, 5) is 21.1. The highest BCUT2D eigenvalue weighted by atomic mass is 32.2. The molecule has 4 rings (SSSR count). The molecular formula is C34H40N4O10S2. The van der Waals surface area contributed by atoms with Gasteiger partial charge in [0, 0.05) is 37.7 Å². The fourth-order valence-electron chi connectivity index (χ4n) is 3.25. The van der Waals surface area contributed by atoms with Gasteiger partial charge in [0.15, 0.2) is 12.9 Å². The average molecular weight is 761 g/mol. The van der Waals surface area contributed by atoms with E-state index in [-0.39, 0.29) is 6.07 Å². The van der Waals surface area contributed by atoms with Crippen molar-refractivity contribution in [3.8, 4) is 23.0 Å². The van der Waals surface area contributed by atoms with Crippen LogP contribution in [0.1, 0.15) is 98.3 Å². The van der Waals surface area contributed by atoms with E-state index in [9.17, 15) is 31.5 Å². The minimum Gasteiger partial charge on any atom is -0.478 e. The number of sulfonamides is 2. The van der Waals surface area contributed by atoms with E-state index in [1.54, 1.807) is 5.32 Å². The van der Waals surface area contributed by atoms with Gasteiger partial charge in [-0.1, -0.05) is 62.7 Å². The Morgan fingerprint density at radius 3 is 1.82 bits per heavy atom. The lowest BCUT2D eigenvalue weighted by Crippen LogP contribution is -2.16. The second-order valence-corrected chi connectivity index (χ2v) is 11.3. The van der Waals surface area contributed by atoms with E-state index in [2.05, 4.69) is 5.11 Å². The van der Waals surface area contributed by atoms with E-state index in [4.69, 9.17) is 58.7 Å². The van der Waals surface area contributed by atoms with Gasteiger partial charge in [-0.05, 0) is 61.2 Å². The molecule has 4 aromatic rings. The highest BCUT2D eigenvalue weighted by Crippen LogP contribution is 2.38. The van der Waals surface area contributed by atoms with Gasteiger partial charge in [0.1, 0.15) is 24.1 Å². The van der Waals surface area contributed by atoms with Gasteiger partial charge < -0.3 is 30.3 Å². The summed E-state index contributed by atoms with van der Waals surface area (Å²) in [5, 5.41) is 18.4. The summed E-state index contributed by atoms with van der Waals surface area (Å²) < 4.78 is 309. The number of primary sulfonamides is 2. The van der Waals surface area contributed by atoms with E-state index >= 15 is 0 Å². The van der Waals surface area contributed by atoms with E-state index in [1.807, 2.05) is 0 Å². The maximum atomic E-state index is 13.0. The van der Waals surface area contributed by atoms with Crippen LogP contribution in [0.5, 0.6) is 23.0 Å². The molecule has 0 aliphatic rings. The summed E-state index contributed by atoms with van der Waals surface area (Å²) in [5.74, 6) is -8.31. The van der Waals surface area contributed by atoms with Crippen molar-refractivity contribution < 1.29 is 88.7 Å². The van der Waals surface area contributed by atoms with Gasteiger partial charge in [-0.2, -0.15) is 0 Å². The Labute approximate surface area is 336 Å². The number of rotatable bonds is 17. The van der Waals surface area contributed by atoms with Crippen molar-refractivity contribution in [1.82, 2.24) is 0 Å². The van der Waals surface area contributed by atoms with E-state index in [1.165, 1.54) is 0 Å². The van der Waals surface area contributed by atoms with Gasteiger partial charge in [0.25, 0.3) is 1.43 Å². The summed E-state index contributed by atoms with van der Waals surface area (Å²) in [6, 6.07) is -8.44. The summed E-state index contributed by atoms with van der Waals surface area (Å²) >= 11 is 0. The summed E-state index contributed by atoms with van der Waals surface area (Å²) in [5.41, 5.74) is -4.39. The lowest BCUT2D eigenvalue weighted by atomic mass is 10.1. The Hall–Kier alpha value is -5.16. The monoisotopic (exact) mass is 760 g/mol. The zero-order chi connectivity index (χ0) is 64.5. The van der Waals surface area contributed by atoms with Crippen molar-refractivity contribution in [2.75, 3.05) is 23.6 Å². The average Bonchev–Trinajstić information content (AvgIpc) is 3.37. The molecule has 0 fully saturated rings. The molecule has 14 nitrogen and oxygen atoms in total. The molecular weight excluding hydrogens is 689 g/mol. The first-order chi connectivity index (χ1) is 36.5. The number of carboxylic acid groups (broad SMARTS) is 2. The van der Waals surface area contributed by atoms with Crippen LogP contribution in [-0.2, 0) is 20.0 Å². The van der Waals surface area contributed by atoms with Gasteiger partial charge >= 0.3 is 11.9 Å². The molecule has 0 unspecified atom stereocenters. The van der Waals surface area contributed by atoms with Gasteiger partial charge in [-0.3, -0.25) is 0 Å². The van der Waals surface area contributed by atoms with Crippen molar-refractivity contribution in [2.45, 2.75) is 49.0 Å². The molecule has 4 aromatic carbocycles. The number of aromatic carboxylic acids is 2. The molecule has 0 heterocycles. The molecule has 8 N–H and O–H groups in total. The first-order valence-corrected chi connectivity index (χ1v) is 15.4. The number of nitrogens with one attached hydrogen (secondary N) is 2. The molecule has 0 saturated carbocycles. The number of anilines is 2. The number of ether oxygens (including phenoxy) is 2. The Balaban J connectivity index is 0.000000432. The van der Waals surface area contributed by atoms with Crippen molar-refractivity contribution in [1.29, 1.82) is 1.43 Å². The summed E-state index contributed by atoms with van der Waals surface area (Å²) in [6.07, 6.45) is -16.0. The number of hydrogen-bond acceptors (Lipinski definition) is 11. The normalized spacial score (nSPS) is 22.6. The lowest BCUT2D eigenvalue weighted by molar-refractivity contribution is 0.0685. The molecule has 0 spiro atoms. The summed E-state index contributed by atoms with van der Waals surface area (Å²) in [7, 11) is -10.5. The quantitative estimate of drug-likeness (QED) is 0.0719. The zero-order valence-corrected chi connectivity index (χ0v) is 25.9. The fraction of sp³-hybridized carbons (Fsp3) is 0.235. The molecule has 0 atom stereocenters. The van der Waals surface area contributed by atoms with Gasteiger partial charge in [-0.25, -0.2) is 36.7 Å². The number of hydrogen-bond donors (Lipinski definition) is 6. The number of benzene rings is 4. The third-order valence-corrected chi connectivity index (χ3v) is 6.91. The van der Waals surface area contributed by atoms with Crippen LogP contribution in [0, 0.1) is 0 Å². The molecule has 16 heteroatoms. The highest BCUT2D eigenvalue weighted by Gasteiger charge is 2.25. The molecule has 0 aromatic heterocycles. The highest BCUT2D eigenvalue weighted by molar-refractivity contribution is 7.89. The van der Waals surface area contributed by atoms with Crippen molar-refractivity contribution >= 4 is 43.4 Å². The smallest absolute Gasteiger partial charge is 0.335 e. The van der Waals surface area contributed by atoms with Crippen molar-refractivity contribution in [3.05, 3.63) is 95.8 Å². The van der Waals surface area contributed by atoms with E-state index < -0.39 is 210 Å². The van der Waals surface area contributed by atoms with Crippen molar-refractivity contribution in [3.63, 3.8) is 0 Å². The van der Waals surface area contributed by atoms with Crippen molar-refractivity contribution in [2.24, 2.45) is 10.3 Å². The van der Waals surface area contributed by atoms with Crippen LogP contribution in [0.4, 0.5) is 11.4 Å². The largest absolute Gasteiger partial charge is 0.478 e. The first-order valence-electron chi connectivity index (χ1n) is 28.2. The third-order valence-electron chi connectivity index (χ3n) is 5.14. The van der Waals surface area contributed by atoms with Crippen LogP contribution < -0.4 is 30.4 Å². The predicted molar refractivity (Wildman–Crippen MR) is 189 cm³/mol. The van der Waals surface area contributed by atoms with Crippen LogP contribution in [0.2, 0.25) is 4.24 Å². The molecule has 0 aliphatic carbocycles. The van der Waals surface area contributed by atoms with Gasteiger partial charge in [0.2, 0.25) is 20.0 Å². The third kappa shape index (κ3) is 11.5. The predicted octanol–water partition coefficient (Wildman–Crippen LogP) is 6.07. The molecule has 0 radical (unpaired) electrons. The lowest BCUT2D eigenvalue weighted by Gasteiger charge is -2.17. The maximum absolute atomic E-state index is 13.0. The SMILES string of the molecule is [2H]OC(=O)c1cc(N([2H])C([2H])([2H])C([2H])([2H])C([2H])([2H])C([2H])([2H])[2H])c(Oc2c([2H])c([2H])c([2H])c([2H])c2[2H])c(S(=O)(=O)N([2H])[2H])c1.[2H]c1c([2H])c([2H])c(Oc2c(NC([2H])([2H])C([2H])([2H])C([2H])([2H])C([2H])([2H])[2H])cc(C(=O)O)cc2S(N)(=O)=O)c([2H])c1[2H]. The van der Waals surface area contributed by atoms with Crippen LogP contribution in [0.15, 0.2) is 94.5 Å². The molecule has 268 valence electrons. The second-order valence-electron chi connectivity index (χ2n) is 8.37. The Morgan fingerprint density at radius 1 is 0.820 bits per heavy atom. The summed E-state index contributed by atoms with van der Waals surface area (Å²) in [6.45, 7) is -15.4. The molecule has 0 bridgehead atoms. The molecule has 0 amide bonds. The molecule has 50 heavy (non-hydrogen) atoms. The Bertz CT molecular complexity index is 3380. The standard InChI is InChI=1S/2C17H20N2O5S/c2*1-2-3-9-19-14-10-12(17(20)21)11-15(25(18,22)23)16(14)24-13-7-5-4-6-8-13/h2*4-8,10-11,19H,2-3,9H2,1H3,(H,20,21)(H2,18,22,23)/i2*1D3,2D2,3D2,4D,5D,6D,7D,8D,9D2/hD4. The minimum atomic E-state index is -5.51. The van der Waals surface area contributed by atoms with Gasteiger partial charge in [-0.15, -0.1) is 0 Å². The second kappa shape index (κ2) is 18.0. The van der Waals surface area contributed by atoms with Crippen LogP contribution in [0.3, 0.4) is 0 Å². The number of carboxylic acids is 2. The number of para-hydroxylation sites is 2. The van der Waals surface area contributed by atoms with E-state index in [0.717, 1.165) is 0 Å². The Kier molecular flexibility index (Phi) is 4.99. The number of nitrogens with two attached hydrogens (primary N) is 2. The maximum Gasteiger partial charge on any atom is 0.335 e. The first kappa shape index (κ1) is 13.9. The molecule has 0 saturated heterocycles. The van der Waals surface area contributed by atoms with Crippen LogP contribution in [-0.4, -0.2) is 52.0 Å². The fourth-order valence-corrected chi connectivity index (χ4v) is 4.60. The topological polar surface area (TPSA) is 237 Å². The number of carbonyl (C=O) groups is 2. The Morgan fingerprint density at radius 2 is 1.32 bits per heavy atom.